The Morgan fingerprint density at radius 1 is 1.14 bits per heavy atom. The van der Waals surface area contributed by atoms with Crippen LogP contribution in [0.1, 0.15) is 0 Å². The van der Waals surface area contributed by atoms with Gasteiger partial charge in [-0.1, -0.05) is 0 Å². The molecule has 0 saturated heterocycles. The Kier molecular flexibility index (Phi) is 52.1. The predicted molar refractivity (Wildman–Crippen MR) is 32.1 cm³/mol. The monoisotopic (exact) mass is 166 g/mol. The second kappa shape index (κ2) is 16.3. The van der Waals surface area contributed by atoms with E-state index in [0.29, 0.717) is 0 Å². The van der Waals surface area contributed by atoms with Crippen molar-refractivity contribution in [3.8, 4) is 0 Å². The molecule has 0 spiro atoms. The zero-order chi connectivity index (χ0) is 3.58. The molecule has 7 heavy (non-hydrogen) atoms. The Balaban J connectivity index is -0.0000000150. The van der Waals surface area contributed by atoms with Gasteiger partial charge in [0.2, 0.25) is 0 Å². The average molecular weight is 166 g/mol. The quantitative estimate of drug-likeness (QED) is 0.421. The van der Waals surface area contributed by atoms with E-state index in [4.69, 9.17) is 15.0 Å². The Morgan fingerprint density at radius 3 is 1.14 bits per heavy atom. The Bertz CT molecular complexity index is 35.9. The summed E-state index contributed by atoms with van der Waals surface area (Å²) in [5, 5.41) is 13.9. The van der Waals surface area contributed by atoms with Gasteiger partial charge in [0.1, 0.15) is 0 Å². The molecule has 0 bridgehead atoms. The normalized spacial score (nSPS) is 3.43. The molecule has 0 heterocycles. The summed E-state index contributed by atoms with van der Waals surface area (Å²) in [4.78, 5) is 8.56. The molecule has 3 nitrogen and oxygen atoms in total. The molecule has 0 aromatic rings. The van der Waals surface area contributed by atoms with Gasteiger partial charge in [0.05, 0.1) is 0 Å². The molecule has 6 heteroatoms. The SMILES string of the molecule is O=C(O)O.[KH].[KH].[NaH]. The van der Waals surface area contributed by atoms with Crippen LogP contribution in [0.4, 0.5) is 4.79 Å². The predicted octanol–water partition coefficient (Wildman–Crippen LogP) is -1.72. The van der Waals surface area contributed by atoms with Crippen molar-refractivity contribution < 1.29 is 15.0 Å². The molecule has 0 aromatic carbocycles. The molecule has 30 valence electrons. The zero-order valence-electron chi connectivity index (χ0n) is 1.80. The maximum atomic E-state index is 8.56. The van der Waals surface area contributed by atoms with Crippen LogP contribution in [0.5, 0.6) is 0 Å². The minimum absolute atomic E-state index is 0. The third-order valence-electron chi connectivity index (χ3n) is 0. The number of rotatable bonds is 0. The van der Waals surface area contributed by atoms with Gasteiger partial charge in [-0.15, -0.1) is 0 Å². The van der Waals surface area contributed by atoms with Gasteiger partial charge < -0.3 is 10.2 Å². The van der Waals surface area contributed by atoms with Crippen LogP contribution in [0.2, 0.25) is 0 Å². The average Bonchev–Trinajstić information content (AvgIpc) is 0.811. The fourth-order valence-corrected chi connectivity index (χ4v) is 0. The van der Waals surface area contributed by atoms with E-state index in [2.05, 4.69) is 0 Å². The molecule has 2 N–H and O–H groups in total. The number of carbonyl (C=O) groups is 1. The molecule has 0 aliphatic heterocycles. The van der Waals surface area contributed by atoms with Crippen LogP contribution >= 0.6 is 0 Å². The summed E-state index contributed by atoms with van der Waals surface area (Å²) in [7, 11) is 0. The maximum absolute atomic E-state index is 8.56. The van der Waals surface area contributed by atoms with Crippen molar-refractivity contribution in [2.75, 3.05) is 0 Å². The molecule has 0 fully saturated rings. The van der Waals surface area contributed by atoms with Gasteiger partial charge in [0.15, 0.2) is 0 Å². The van der Waals surface area contributed by atoms with Gasteiger partial charge in [-0.2, -0.15) is 0 Å². The van der Waals surface area contributed by atoms with Gasteiger partial charge in [0, 0.05) is 0 Å². The number of carboxylic acid groups (broad SMARTS) is 2. The molecular weight excluding hydrogens is 161 g/mol. The molecule has 0 radical (unpaired) electrons. The van der Waals surface area contributed by atoms with Crippen molar-refractivity contribution in [3.63, 3.8) is 0 Å². The van der Waals surface area contributed by atoms with Gasteiger partial charge in [0.25, 0.3) is 0 Å². The standard InChI is InChI=1S/CH2O3.2K.Na.3H/c2-1(3)4;;;;;;/h(H2,2,3,4);;;;;;. The fourth-order valence-electron chi connectivity index (χ4n) is 0. The number of hydrogen-bond acceptors (Lipinski definition) is 1. The first-order chi connectivity index (χ1) is 1.73. The van der Waals surface area contributed by atoms with E-state index in [1.165, 1.54) is 0 Å². The van der Waals surface area contributed by atoms with E-state index in [-0.39, 0.29) is 132 Å². The Morgan fingerprint density at radius 2 is 1.14 bits per heavy atom. The van der Waals surface area contributed by atoms with E-state index in [1.54, 1.807) is 0 Å². The van der Waals surface area contributed by atoms with Gasteiger partial charge in [-0.05, 0) is 0 Å². The van der Waals surface area contributed by atoms with Crippen molar-refractivity contribution in [1.82, 2.24) is 0 Å². The van der Waals surface area contributed by atoms with Crippen LogP contribution in [-0.4, -0.2) is 149 Å². The first-order valence-electron chi connectivity index (χ1n) is 0.651. The first kappa shape index (κ1) is 22.4. The Labute approximate surface area is 149 Å². The van der Waals surface area contributed by atoms with E-state index < -0.39 is 6.16 Å². The molecule has 0 atom stereocenters. The zero-order valence-corrected chi connectivity index (χ0v) is 1.80. The topological polar surface area (TPSA) is 57.5 Å². The molecule has 0 aromatic heterocycles. The van der Waals surface area contributed by atoms with Crippen LogP contribution in [0.15, 0.2) is 0 Å². The van der Waals surface area contributed by atoms with Gasteiger partial charge in [-0.25, -0.2) is 4.79 Å². The summed E-state index contributed by atoms with van der Waals surface area (Å²) >= 11 is 0. The van der Waals surface area contributed by atoms with Crippen molar-refractivity contribution >= 4 is 138 Å². The van der Waals surface area contributed by atoms with Crippen molar-refractivity contribution in [2.45, 2.75) is 0 Å². The number of hydrogen-bond donors (Lipinski definition) is 2. The second-order valence-electron chi connectivity index (χ2n) is 0.283. The second-order valence-corrected chi connectivity index (χ2v) is 0.283. The van der Waals surface area contributed by atoms with E-state index in [0.717, 1.165) is 0 Å². The van der Waals surface area contributed by atoms with Crippen molar-refractivity contribution in [1.29, 1.82) is 0 Å². The molecule has 0 aliphatic carbocycles. The summed E-state index contributed by atoms with van der Waals surface area (Å²) in [5.74, 6) is 0. The third kappa shape index (κ3) is 43.3. The van der Waals surface area contributed by atoms with Crippen LogP contribution in [0, 0.1) is 0 Å². The van der Waals surface area contributed by atoms with E-state index in [9.17, 15) is 0 Å². The molecule has 0 rings (SSSR count). The van der Waals surface area contributed by atoms with E-state index >= 15 is 0 Å². The summed E-state index contributed by atoms with van der Waals surface area (Å²) in [6, 6.07) is 0. The molecular formula is CH5K2NaO3. The fraction of sp³-hybridized carbons (Fsp3) is 0. The van der Waals surface area contributed by atoms with Crippen LogP contribution in [0.25, 0.3) is 0 Å². The van der Waals surface area contributed by atoms with Gasteiger partial charge in [-0.3, -0.25) is 0 Å². The molecule has 0 amide bonds. The minimum atomic E-state index is -1.83. The van der Waals surface area contributed by atoms with Crippen LogP contribution < -0.4 is 0 Å². The summed E-state index contributed by atoms with van der Waals surface area (Å²) in [6.07, 6.45) is -1.83. The summed E-state index contributed by atoms with van der Waals surface area (Å²) < 4.78 is 0. The van der Waals surface area contributed by atoms with Crippen molar-refractivity contribution in [3.05, 3.63) is 0 Å². The van der Waals surface area contributed by atoms with E-state index in [1.807, 2.05) is 0 Å². The summed E-state index contributed by atoms with van der Waals surface area (Å²) in [5.41, 5.74) is 0. The Hall–Kier alpha value is 3.54. The molecule has 0 saturated carbocycles. The van der Waals surface area contributed by atoms with Crippen LogP contribution in [-0.2, 0) is 0 Å². The third-order valence-corrected chi connectivity index (χ3v) is 0. The summed E-state index contributed by atoms with van der Waals surface area (Å²) in [6.45, 7) is 0. The van der Waals surface area contributed by atoms with Crippen LogP contribution in [0.3, 0.4) is 0 Å². The molecule has 0 aliphatic rings. The first-order valence-corrected chi connectivity index (χ1v) is 0.651. The molecule has 0 unspecified atom stereocenters. The van der Waals surface area contributed by atoms with Gasteiger partial charge >= 0.3 is 138 Å². The van der Waals surface area contributed by atoms with Crippen molar-refractivity contribution in [2.24, 2.45) is 0 Å².